The summed E-state index contributed by atoms with van der Waals surface area (Å²) in [5.74, 6) is 1.27. The number of anilines is 2. The van der Waals surface area contributed by atoms with Crippen molar-refractivity contribution < 1.29 is 4.79 Å². The molecule has 0 unspecified atom stereocenters. The van der Waals surface area contributed by atoms with E-state index < -0.39 is 0 Å². The van der Waals surface area contributed by atoms with Crippen LogP contribution in [0.25, 0.3) is 0 Å². The molecule has 1 aliphatic rings. The van der Waals surface area contributed by atoms with Crippen LogP contribution < -0.4 is 10.6 Å². The van der Waals surface area contributed by atoms with E-state index in [4.69, 9.17) is 0 Å². The topological polar surface area (TPSA) is 66.9 Å². The van der Waals surface area contributed by atoms with Crippen molar-refractivity contribution in [3.05, 3.63) is 48.3 Å². The van der Waals surface area contributed by atoms with Crippen LogP contribution in [-0.2, 0) is 0 Å². The number of hydrogen-bond donors (Lipinski definition) is 2. The Morgan fingerprint density at radius 2 is 1.95 bits per heavy atom. The lowest BCUT2D eigenvalue weighted by Crippen LogP contribution is -2.25. The first-order chi connectivity index (χ1) is 9.31. The van der Waals surface area contributed by atoms with Crippen molar-refractivity contribution >= 4 is 17.5 Å². The predicted octanol–water partition coefficient (Wildman–Crippen LogP) is 2.11. The molecule has 1 aliphatic carbocycles. The average molecular weight is 254 g/mol. The number of nitrogens with zero attached hydrogens (tertiary/aromatic N) is 2. The maximum atomic E-state index is 11.9. The van der Waals surface area contributed by atoms with Gasteiger partial charge in [0.25, 0.3) is 5.91 Å². The molecule has 1 fully saturated rings. The van der Waals surface area contributed by atoms with Gasteiger partial charge in [-0.3, -0.25) is 4.79 Å². The molecule has 2 aromatic rings. The van der Waals surface area contributed by atoms with Crippen LogP contribution in [0.4, 0.5) is 11.6 Å². The van der Waals surface area contributed by atoms with E-state index in [1.807, 2.05) is 18.2 Å². The van der Waals surface area contributed by atoms with Crippen molar-refractivity contribution in [3.8, 4) is 0 Å². The van der Waals surface area contributed by atoms with E-state index in [1.165, 1.54) is 0 Å². The summed E-state index contributed by atoms with van der Waals surface area (Å²) < 4.78 is 0. The Balaban J connectivity index is 1.73. The number of carbonyl (C=O) groups excluding carboxylic acids is 1. The number of carbonyl (C=O) groups is 1. The molecule has 1 saturated carbocycles. The van der Waals surface area contributed by atoms with E-state index >= 15 is 0 Å². The lowest BCUT2D eigenvalue weighted by molar-refractivity contribution is 0.0951. The molecule has 2 aromatic heterocycles. The Morgan fingerprint density at radius 3 is 2.68 bits per heavy atom. The Hall–Kier alpha value is -2.43. The second-order valence-corrected chi connectivity index (χ2v) is 4.52. The third-order valence-electron chi connectivity index (χ3n) is 2.86. The van der Waals surface area contributed by atoms with Crippen molar-refractivity contribution in [2.45, 2.75) is 18.9 Å². The predicted molar refractivity (Wildman–Crippen MR) is 72.2 cm³/mol. The van der Waals surface area contributed by atoms with Gasteiger partial charge in [-0.05, 0) is 37.1 Å². The monoisotopic (exact) mass is 254 g/mol. The fourth-order valence-corrected chi connectivity index (χ4v) is 1.70. The Morgan fingerprint density at radius 1 is 1.11 bits per heavy atom. The molecular formula is C14H14N4O. The highest BCUT2D eigenvalue weighted by molar-refractivity contribution is 5.95. The molecule has 0 aliphatic heterocycles. The summed E-state index contributed by atoms with van der Waals surface area (Å²) >= 11 is 0. The second-order valence-electron chi connectivity index (χ2n) is 4.52. The van der Waals surface area contributed by atoms with Crippen molar-refractivity contribution in [1.29, 1.82) is 0 Å². The van der Waals surface area contributed by atoms with E-state index in [2.05, 4.69) is 20.6 Å². The molecule has 5 nitrogen and oxygen atoms in total. The van der Waals surface area contributed by atoms with Crippen LogP contribution in [-0.4, -0.2) is 21.9 Å². The van der Waals surface area contributed by atoms with Gasteiger partial charge < -0.3 is 10.6 Å². The summed E-state index contributed by atoms with van der Waals surface area (Å²) in [7, 11) is 0. The first kappa shape index (κ1) is 11.6. The first-order valence-corrected chi connectivity index (χ1v) is 6.26. The van der Waals surface area contributed by atoms with Gasteiger partial charge in [-0.15, -0.1) is 0 Å². The minimum absolute atomic E-state index is 0.0472. The van der Waals surface area contributed by atoms with Crippen LogP contribution in [0.1, 0.15) is 23.2 Å². The third-order valence-corrected chi connectivity index (χ3v) is 2.86. The Labute approximate surface area is 111 Å². The molecule has 19 heavy (non-hydrogen) atoms. The molecule has 1 amide bonds. The second kappa shape index (κ2) is 5.06. The van der Waals surface area contributed by atoms with Crippen LogP contribution in [0.15, 0.2) is 42.7 Å². The number of aromatic nitrogens is 2. The average Bonchev–Trinajstić information content (AvgIpc) is 3.24. The van der Waals surface area contributed by atoms with E-state index in [-0.39, 0.29) is 5.91 Å². The fraction of sp³-hybridized carbons (Fsp3) is 0.214. The van der Waals surface area contributed by atoms with E-state index in [0.29, 0.717) is 23.2 Å². The molecule has 2 heterocycles. The Kier molecular flexibility index (Phi) is 3.10. The van der Waals surface area contributed by atoms with Crippen molar-refractivity contribution in [3.63, 3.8) is 0 Å². The van der Waals surface area contributed by atoms with Gasteiger partial charge in [0.2, 0.25) is 0 Å². The van der Waals surface area contributed by atoms with Gasteiger partial charge in [0.15, 0.2) is 0 Å². The number of nitrogens with one attached hydrogen (secondary N) is 2. The smallest absolute Gasteiger partial charge is 0.251 e. The fourth-order valence-electron chi connectivity index (χ4n) is 1.70. The summed E-state index contributed by atoms with van der Waals surface area (Å²) in [6, 6.07) is 9.37. The molecular weight excluding hydrogens is 240 g/mol. The van der Waals surface area contributed by atoms with E-state index in [1.54, 1.807) is 24.5 Å². The normalized spacial score (nSPS) is 13.9. The molecule has 5 heteroatoms. The highest BCUT2D eigenvalue weighted by Gasteiger charge is 2.23. The van der Waals surface area contributed by atoms with Gasteiger partial charge in [0.05, 0.1) is 0 Å². The standard InChI is InChI=1S/C14H14N4O/c19-14(17-11-4-5-11)10-6-8-16-13(9-10)18-12-3-1-2-7-15-12/h1-3,6-9,11H,4-5H2,(H,17,19)(H,15,16,18). The third kappa shape index (κ3) is 3.07. The molecule has 96 valence electrons. The van der Waals surface area contributed by atoms with Crippen molar-refractivity contribution in [1.82, 2.24) is 15.3 Å². The van der Waals surface area contributed by atoms with Crippen LogP contribution in [0, 0.1) is 0 Å². The number of amides is 1. The van der Waals surface area contributed by atoms with Crippen LogP contribution in [0.3, 0.4) is 0 Å². The van der Waals surface area contributed by atoms with Gasteiger partial charge in [-0.25, -0.2) is 9.97 Å². The van der Waals surface area contributed by atoms with Gasteiger partial charge in [-0.2, -0.15) is 0 Å². The highest BCUT2D eigenvalue weighted by Crippen LogP contribution is 2.20. The maximum Gasteiger partial charge on any atom is 0.251 e. The van der Waals surface area contributed by atoms with Gasteiger partial charge in [0, 0.05) is 24.0 Å². The quantitative estimate of drug-likeness (QED) is 0.877. The number of rotatable bonds is 4. The molecule has 3 rings (SSSR count). The molecule has 0 spiro atoms. The highest BCUT2D eigenvalue weighted by atomic mass is 16.1. The lowest BCUT2D eigenvalue weighted by Gasteiger charge is -2.07. The molecule has 2 N–H and O–H groups in total. The zero-order valence-corrected chi connectivity index (χ0v) is 10.3. The minimum Gasteiger partial charge on any atom is -0.349 e. The number of pyridine rings is 2. The molecule has 0 aromatic carbocycles. The SMILES string of the molecule is O=C(NC1CC1)c1ccnc(Nc2ccccn2)c1. The molecule has 0 radical (unpaired) electrons. The molecule has 0 bridgehead atoms. The summed E-state index contributed by atoms with van der Waals surface area (Å²) in [6.07, 6.45) is 5.48. The van der Waals surface area contributed by atoms with E-state index in [9.17, 15) is 4.79 Å². The molecule has 0 atom stereocenters. The van der Waals surface area contributed by atoms with Gasteiger partial charge in [0.1, 0.15) is 11.6 Å². The summed E-state index contributed by atoms with van der Waals surface area (Å²) in [5.41, 5.74) is 0.611. The summed E-state index contributed by atoms with van der Waals surface area (Å²) in [4.78, 5) is 20.3. The van der Waals surface area contributed by atoms with Crippen LogP contribution in [0.5, 0.6) is 0 Å². The van der Waals surface area contributed by atoms with E-state index in [0.717, 1.165) is 12.8 Å². The lowest BCUT2D eigenvalue weighted by atomic mass is 10.2. The summed E-state index contributed by atoms with van der Waals surface area (Å²) in [6.45, 7) is 0. The first-order valence-electron chi connectivity index (χ1n) is 6.26. The van der Waals surface area contributed by atoms with Gasteiger partial charge >= 0.3 is 0 Å². The zero-order valence-electron chi connectivity index (χ0n) is 10.3. The Bertz CT molecular complexity index is 581. The zero-order chi connectivity index (χ0) is 13.1. The molecule has 0 saturated heterocycles. The van der Waals surface area contributed by atoms with Gasteiger partial charge in [-0.1, -0.05) is 6.07 Å². The van der Waals surface area contributed by atoms with Crippen LogP contribution in [0.2, 0.25) is 0 Å². The maximum absolute atomic E-state index is 11.9. The summed E-state index contributed by atoms with van der Waals surface area (Å²) in [5, 5.41) is 6.02. The largest absolute Gasteiger partial charge is 0.349 e. The van der Waals surface area contributed by atoms with Crippen molar-refractivity contribution in [2.24, 2.45) is 0 Å². The van der Waals surface area contributed by atoms with Crippen molar-refractivity contribution in [2.75, 3.05) is 5.32 Å². The number of hydrogen-bond acceptors (Lipinski definition) is 4. The van der Waals surface area contributed by atoms with Crippen LogP contribution >= 0.6 is 0 Å². The minimum atomic E-state index is -0.0472.